The van der Waals surface area contributed by atoms with Gasteiger partial charge in [0, 0.05) is 26.0 Å². The first kappa shape index (κ1) is 11.6. The predicted octanol–water partition coefficient (Wildman–Crippen LogP) is 0.851. The summed E-state index contributed by atoms with van der Waals surface area (Å²) in [6, 6.07) is 0. The van der Waals surface area contributed by atoms with Crippen molar-refractivity contribution in [2.24, 2.45) is 13.0 Å². The molecule has 0 spiro atoms. The number of rotatable bonds is 4. The second kappa shape index (κ2) is 5.46. The average molecular weight is 222 g/mol. The zero-order valence-electron chi connectivity index (χ0n) is 10.3. The Morgan fingerprint density at radius 1 is 1.50 bits per heavy atom. The first-order valence-corrected chi connectivity index (χ1v) is 6.11. The van der Waals surface area contributed by atoms with E-state index in [0.29, 0.717) is 0 Å². The minimum absolute atomic E-state index is 0.853. The molecule has 16 heavy (non-hydrogen) atoms. The molecule has 4 nitrogen and oxygen atoms in total. The number of hydrogen-bond donors (Lipinski definition) is 1. The molecule has 4 heteroatoms. The van der Waals surface area contributed by atoms with Gasteiger partial charge in [0.2, 0.25) is 0 Å². The van der Waals surface area contributed by atoms with Crippen LogP contribution in [0.5, 0.6) is 0 Å². The Bertz CT molecular complexity index is 315. The summed E-state index contributed by atoms with van der Waals surface area (Å²) in [5.41, 5.74) is 0. The van der Waals surface area contributed by atoms with Crippen LogP contribution in [0.4, 0.5) is 0 Å². The fraction of sp³-hybridized carbons (Fsp3) is 0.750. The summed E-state index contributed by atoms with van der Waals surface area (Å²) in [7, 11) is 4.25. The molecule has 2 rings (SSSR count). The first-order chi connectivity index (χ1) is 7.75. The van der Waals surface area contributed by atoms with Crippen LogP contribution >= 0.6 is 0 Å². The topological polar surface area (TPSA) is 33.1 Å². The molecular weight excluding hydrogens is 200 g/mol. The fourth-order valence-corrected chi connectivity index (χ4v) is 2.36. The zero-order valence-corrected chi connectivity index (χ0v) is 10.3. The quantitative estimate of drug-likeness (QED) is 0.820. The number of nitrogens with one attached hydrogen (secondary N) is 1. The van der Waals surface area contributed by atoms with Gasteiger partial charge in [0.1, 0.15) is 5.82 Å². The molecule has 0 amide bonds. The van der Waals surface area contributed by atoms with Crippen LogP contribution in [0, 0.1) is 5.92 Å². The van der Waals surface area contributed by atoms with Gasteiger partial charge in [-0.2, -0.15) is 0 Å². The van der Waals surface area contributed by atoms with Crippen molar-refractivity contribution in [3.63, 3.8) is 0 Å². The lowest BCUT2D eigenvalue weighted by Crippen LogP contribution is -2.34. The molecule has 1 N–H and O–H groups in total. The van der Waals surface area contributed by atoms with E-state index >= 15 is 0 Å². The highest BCUT2D eigenvalue weighted by Crippen LogP contribution is 2.13. The zero-order chi connectivity index (χ0) is 11.4. The fourth-order valence-electron chi connectivity index (χ4n) is 2.36. The van der Waals surface area contributed by atoms with E-state index in [0.717, 1.165) is 18.3 Å². The van der Waals surface area contributed by atoms with E-state index in [9.17, 15) is 0 Å². The molecule has 0 aliphatic carbocycles. The molecule has 1 aliphatic rings. The van der Waals surface area contributed by atoms with Crippen molar-refractivity contribution >= 4 is 0 Å². The molecule has 0 aromatic carbocycles. The maximum atomic E-state index is 4.36. The van der Waals surface area contributed by atoms with Gasteiger partial charge in [0.15, 0.2) is 0 Å². The highest BCUT2D eigenvalue weighted by atomic mass is 15.2. The maximum absolute atomic E-state index is 4.36. The summed E-state index contributed by atoms with van der Waals surface area (Å²) < 4.78 is 2.10. The third-order valence-electron chi connectivity index (χ3n) is 3.36. The van der Waals surface area contributed by atoms with E-state index in [2.05, 4.69) is 33.9 Å². The molecule has 1 aliphatic heterocycles. The van der Waals surface area contributed by atoms with Crippen molar-refractivity contribution in [2.75, 3.05) is 26.7 Å². The molecule has 0 radical (unpaired) electrons. The predicted molar refractivity (Wildman–Crippen MR) is 65.1 cm³/mol. The van der Waals surface area contributed by atoms with Crippen molar-refractivity contribution in [1.82, 2.24) is 19.8 Å². The Morgan fingerprint density at radius 2 is 2.25 bits per heavy atom. The van der Waals surface area contributed by atoms with Crippen molar-refractivity contribution in [1.29, 1.82) is 0 Å². The van der Waals surface area contributed by atoms with Crippen molar-refractivity contribution in [3.05, 3.63) is 18.2 Å². The normalized spacial score (nSPS) is 18.2. The Kier molecular flexibility index (Phi) is 3.96. The van der Waals surface area contributed by atoms with E-state index in [1.165, 1.54) is 32.5 Å². The van der Waals surface area contributed by atoms with Crippen LogP contribution < -0.4 is 5.32 Å². The molecule has 0 bridgehead atoms. The van der Waals surface area contributed by atoms with Crippen molar-refractivity contribution in [3.8, 4) is 0 Å². The lowest BCUT2D eigenvalue weighted by Gasteiger charge is -2.27. The van der Waals surface area contributed by atoms with Crippen LogP contribution in [-0.4, -0.2) is 41.1 Å². The largest absolute Gasteiger partial charge is 0.337 e. The monoisotopic (exact) mass is 222 g/mol. The van der Waals surface area contributed by atoms with Crippen LogP contribution in [0.1, 0.15) is 18.7 Å². The van der Waals surface area contributed by atoms with Crippen LogP contribution in [0.3, 0.4) is 0 Å². The highest BCUT2D eigenvalue weighted by Gasteiger charge is 2.15. The molecule has 1 fully saturated rings. The summed E-state index contributed by atoms with van der Waals surface area (Å²) >= 11 is 0. The molecule has 0 atom stereocenters. The average Bonchev–Trinajstić information content (AvgIpc) is 2.66. The Labute approximate surface area is 97.7 Å². The van der Waals surface area contributed by atoms with Crippen LogP contribution in [0.2, 0.25) is 0 Å². The van der Waals surface area contributed by atoms with Gasteiger partial charge in [-0.25, -0.2) is 4.98 Å². The molecule has 1 aromatic rings. The Hall–Kier alpha value is -0.870. The van der Waals surface area contributed by atoms with Gasteiger partial charge in [-0.15, -0.1) is 0 Å². The number of aromatic nitrogens is 2. The Morgan fingerprint density at radius 3 is 2.88 bits per heavy atom. The highest BCUT2D eigenvalue weighted by molar-refractivity contribution is 4.90. The number of imidazole rings is 1. The molecule has 1 aromatic heterocycles. The van der Waals surface area contributed by atoms with Crippen LogP contribution in [-0.2, 0) is 13.6 Å². The van der Waals surface area contributed by atoms with Gasteiger partial charge in [-0.3, -0.25) is 4.90 Å². The number of aryl methyl sites for hydroxylation is 1. The number of piperidine rings is 1. The van der Waals surface area contributed by atoms with E-state index in [4.69, 9.17) is 0 Å². The molecular formula is C12H22N4. The summed E-state index contributed by atoms with van der Waals surface area (Å²) in [5.74, 6) is 2.00. The van der Waals surface area contributed by atoms with E-state index in [1.54, 1.807) is 0 Å². The molecule has 0 unspecified atom stereocenters. The van der Waals surface area contributed by atoms with Crippen molar-refractivity contribution < 1.29 is 0 Å². The van der Waals surface area contributed by atoms with Gasteiger partial charge < -0.3 is 9.88 Å². The van der Waals surface area contributed by atoms with Crippen molar-refractivity contribution in [2.45, 2.75) is 19.4 Å². The smallest absolute Gasteiger partial charge is 0.122 e. The summed E-state index contributed by atoms with van der Waals surface area (Å²) in [4.78, 5) is 6.75. The van der Waals surface area contributed by atoms with E-state index in [-0.39, 0.29) is 0 Å². The molecule has 90 valence electrons. The van der Waals surface area contributed by atoms with Gasteiger partial charge in [-0.05, 0) is 38.9 Å². The van der Waals surface area contributed by atoms with Gasteiger partial charge in [0.05, 0.1) is 6.54 Å². The third-order valence-corrected chi connectivity index (χ3v) is 3.36. The van der Waals surface area contributed by atoms with Gasteiger partial charge in [0.25, 0.3) is 0 Å². The summed E-state index contributed by atoms with van der Waals surface area (Å²) in [6.07, 6.45) is 6.50. The van der Waals surface area contributed by atoms with E-state index < -0.39 is 0 Å². The lowest BCUT2D eigenvalue weighted by molar-refractivity contribution is 0.229. The first-order valence-electron chi connectivity index (χ1n) is 6.11. The minimum atomic E-state index is 0.853. The van der Waals surface area contributed by atoms with Crippen LogP contribution in [0.15, 0.2) is 12.4 Å². The maximum Gasteiger partial charge on any atom is 0.122 e. The van der Waals surface area contributed by atoms with Gasteiger partial charge in [-0.1, -0.05) is 0 Å². The minimum Gasteiger partial charge on any atom is -0.337 e. The second-order valence-electron chi connectivity index (χ2n) is 4.84. The standard InChI is InChI=1S/C12H22N4/c1-15(9-11-3-5-13-6-4-11)10-12-14-7-8-16(12)2/h7-8,11,13H,3-6,9-10H2,1-2H3. The summed E-state index contributed by atoms with van der Waals surface area (Å²) in [5, 5.41) is 3.41. The SMILES string of the molecule is CN(Cc1nccn1C)CC1CCNCC1. The van der Waals surface area contributed by atoms with E-state index in [1.807, 2.05) is 12.4 Å². The molecule has 1 saturated heterocycles. The number of hydrogen-bond acceptors (Lipinski definition) is 3. The molecule has 0 saturated carbocycles. The summed E-state index contributed by atoms with van der Waals surface area (Å²) in [6.45, 7) is 4.50. The Balaban J connectivity index is 1.79. The molecule has 2 heterocycles. The van der Waals surface area contributed by atoms with Gasteiger partial charge >= 0.3 is 0 Å². The van der Waals surface area contributed by atoms with Crippen LogP contribution in [0.25, 0.3) is 0 Å². The third kappa shape index (κ3) is 3.06. The lowest BCUT2D eigenvalue weighted by atomic mass is 9.98. The second-order valence-corrected chi connectivity index (χ2v) is 4.84. The number of nitrogens with zero attached hydrogens (tertiary/aromatic N) is 3.